The van der Waals surface area contributed by atoms with Gasteiger partial charge in [-0.1, -0.05) is 11.6 Å². The molecule has 1 amide bonds. The van der Waals surface area contributed by atoms with Gasteiger partial charge in [-0.05, 0) is 40.9 Å². The predicted molar refractivity (Wildman–Crippen MR) is 66.7 cm³/mol. The fourth-order valence-electron chi connectivity index (χ4n) is 1.65. The fourth-order valence-corrected chi connectivity index (χ4v) is 2.55. The third-order valence-electron chi connectivity index (χ3n) is 2.48. The van der Waals surface area contributed by atoms with Crippen LogP contribution in [0.4, 0.5) is 10.1 Å². The van der Waals surface area contributed by atoms with Gasteiger partial charge in [0.25, 0.3) is 5.91 Å². The molecule has 1 unspecified atom stereocenters. The Morgan fingerprint density at radius 2 is 2.35 bits per heavy atom. The summed E-state index contributed by atoms with van der Waals surface area (Å²) < 4.78 is 18.7. The van der Waals surface area contributed by atoms with Gasteiger partial charge in [0.2, 0.25) is 0 Å². The lowest BCUT2D eigenvalue weighted by atomic mass is 10.2. The van der Waals surface area contributed by atoms with E-state index in [2.05, 4.69) is 21.2 Å². The smallest absolute Gasteiger partial charge is 0.253 e. The lowest BCUT2D eigenvalue weighted by molar-refractivity contribution is -0.124. The third-order valence-corrected chi connectivity index (χ3v) is 3.40. The van der Waals surface area contributed by atoms with E-state index in [1.165, 1.54) is 6.07 Å². The van der Waals surface area contributed by atoms with Gasteiger partial charge < -0.3 is 10.1 Å². The van der Waals surface area contributed by atoms with Crippen LogP contribution in [0.3, 0.4) is 0 Å². The van der Waals surface area contributed by atoms with Gasteiger partial charge in [0, 0.05) is 11.1 Å². The second-order valence-electron chi connectivity index (χ2n) is 3.74. The number of carbonyl (C=O) groups is 1. The Kier molecular flexibility index (Phi) is 4.01. The van der Waals surface area contributed by atoms with Crippen molar-refractivity contribution in [3.05, 3.63) is 27.4 Å². The van der Waals surface area contributed by atoms with Crippen LogP contribution >= 0.6 is 27.5 Å². The molecule has 1 atom stereocenters. The summed E-state index contributed by atoms with van der Waals surface area (Å²) in [6, 6.07) is 2.40. The molecule has 1 aromatic rings. The van der Waals surface area contributed by atoms with Crippen molar-refractivity contribution in [2.45, 2.75) is 18.9 Å². The highest BCUT2D eigenvalue weighted by molar-refractivity contribution is 9.10. The van der Waals surface area contributed by atoms with Gasteiger partial charge in [0.1, 0.15) is 11.9 Å². The van der Waals surface area contributed by atoms with Crippen molar-refractivity contribution in [3.8, 4) is 0 Å². The van der Waals surface area contributed by atoms with Gasteiger partial charge in [-0.3, -0.25) is 4.79 Å². The Bertz CT molecular complexity index is 426. The molecule has 1 heterocycles. The van der Waals surface area contributed by atoms with Crippen molar-refractivity contribution in [1.82, 2.24) is 0 Å². The van der Waals surface area contributed by atoms with Crippen LogP contribution in [0, 0.1) is 5.82 Å². The standard InChI is InChI=1S/C11H10BrClFNO2/c12-7-4-6(14)5-8(13)10(7)15-11(16)9-2-1-3-17-9/h4-5,9H,1-3H2,(H,15,16). The maximum atomic E-state index is 13.0. The van der Waals surface area contributed by atoms with E-state index in [-0.39, 0.29) is 10.9 Å². The quantitative estimate of drug-likeness (QED) is 0.906. The van der Waals surface area contributed by atoms with E-state index in [9.17, 15) is 9.18 Å². The van der Waals surface area contributed by atoms with E-state index < -0.39 is 11.9 Å². The van der Waals surface area contributed by atoms with Gasteiger partial charge in [0.15, 0.2) is 0 Å². The fraction of sp³-hybridized carbons (Fsp3) is 0.364. The van der Waals surface area contributed by atoms with Crippen LogP contribution in [0.2, 0.25) is 5.02 Å². The Morgan fingerprint density at radius 3 is 2.94 bits per heavy atom. The van der Waals surface area contributed by atoms with E-state index in [1.807, 2.05) is 0 Å². The molecule has 0 aromatic heterocycles. The molecule has 0 bridgehead atoms. The van der Waals surface area contributed by atoms with Gasteiger partial charge in [-0.2, -0.15) is 0 Å². The highest BCUT2D eigenvalue weighted by atomic mass is 79.9. The molecule has 1 aliphatic heterocycles. The van der Waals surface area contributed by atoms with E-state index in [4.69, 9.17) is 16.3 Å². The zero-order valence-electron chi connectivity index (χ0n) is 8.80. The first-order chi connectivity index (χ1) is 8.08. The van der Waals surface area contributed by atoms with Crippen molar-refractivity contribution in [3.63, 3.8) is 0 Å². The minimum Gasteiger partial charge on any atom is -0.368 e. The van der Waals surface area contributed by atoms with E-state index in [0.29, 0.717) is 23.2 Å². The predicted octanol–water partition coefficient (Wildman–Crippen LogP) is 3.36. The number of benzene rings is 1. The number of halogens is 3. The lowest BCUT2D eigenvalue weighted by Gasteiger charge is -2.13. The highest BCUT2D eigenvalue weighted by Crippen LogP contribution is 2.32. The molecule has 2 rings (SSSR count). The molecule has 1 N–H and O–H groups in total. The van der Waals surface area contributed by atoms with Crippen molar-refractivity contribution < 1.29 is 13.9 Å². The summed E-state index contributed by atoms with van der Waals surface area (Å²) in [4.78, 5) is 11.8. The number of anilines is 1. The first-order valence-electron chi connectivity index (χ1n) is 5.15. The van der Waals surface area contributed by atoms with Crippen LogP contribution < -0.4 is 5.32 Å². The number of rotatable bonds is 2. The van der Waals surface area contributed by atoms with Gasteiger partial charge in [0.05, 0.1) is 10.7 Å². The summed E-state index contributed by atoms with van der Waals surface area (Å²) >= 11 is 9.02. The molecular weight excluding hydrogens is 312 g/mol. The monoisotopic (exact) mass is 321 g/mol. The molecule has 1 fully saturated rings. The largest absolute Gasteiger partial charge is 0.368 e. The van der Waals surface area contributed by atoms with Crippen molar-refractivity contribution >= 4 is 39.1 Å². The molecular formula is C11H10BrClFNO2. The van der Waals surface area contributed by atoms with Gasteiger partial charge >= 0.3 is 0 Å². The number of hydrogen-bond donors (Lipinski definition) is 1. The third kappa shape index (κ3) is 2.97. The molecule has 3 nitrogen and oxygen atoms in total. The summed E-state index contributed by atoms with van der Waals surface area (Å²) in [6.45, 7) is 0.594. The van der Waals surface area contributed by atoms with Crippen molar-refractivity contribution in [2.24, 2.45) is 0 Å². The number of carbonyl (C=O) groups excluding carboxylic acids is 1. The molecule has 0 spiro atoms. The topological polar surface area (TPSA) is 38.3 Å². The Labute approximate surface area is 111 Å². The Hall–Kier alpha value is -0.650. The number of nitrogens with one attached hydrogen (secondary N) is 1. The van der Waals surface area contributed by atoms with Crippen LogP contribution in [0.1, 0.15) is 12.8 Å². The molecule has 17 heavy (non-hydrogen) atoms. The van der Waals surface area contributed by atoms with Crippen molar-refractivity contribution in [1.29, 1.82) is 0 Å². The van der Waals surface area contributed by atoms with Crippen molar-refractivity contribution in [2.75, 3.05) is 11.9 Å². The van der Waals surface area contributed by atoms with Crippen LogP contribution in [-0.2, 0) is 9.53 Å². The van der Waals surface area contributed by atoms with E-state index >= 15 is 0 Å². The minimum atomic E-state index is -0.461. The first-order valence-corrected chi connectivity index (χ1v) is 6.32. The molecule has 0 aliphatic carbocycles. The normalized spacial score (nSPS) is 19.4. The molecule has 92 valence electrons. The Balaban J connectivity index is 2.15. The number of hydrogen-bond acceptors (Lipinski definition) is 2. The first kappa shape index (κ1) is 12.8. The van der Waals surface area contributed by atoms with Crippen LogP contribution in [0.25, 0.3) is 0 Å². The van der Waals surface area contributed by atoms with E-state index in [1.54, 1.807) is 0 Å². The molecule has 1 aromatic carbocycles. The summed E-state index contributed by atoms with van der Waals surface area (Å²) in [5, 5.41) is 2.79. The molecule has 1 saturated heterocycles. The van der Waals surface area contributed by atoms with Crippen LogP contribution in [0.15, 0.2) is 16.6 Å². The number of ether oxygens (including phenoxy) is 1. The summed E-state index contributed by atoms with van der Waals surface area (Å²) in [5.41, 5.74) is 0.369. The maximum Gasteiger partial charge on any atom is 0.253 e. The molecule has 6 heteroatoms. The minimum absolute atomic E-state index is 0.156. The summed E-state index contributed by atoms with van der Waals surface area (Å²) in [7, 11) is 0. The van der Waals surface area contributed by atoms with Gasteiger partial charge in [-0.15, -0.1) is 0 Å². The second kappa shape index (κ2) is 5.33. The number of amides is 1. The molecule has 1 aliphatic rings. The zero-order valence-corrected chi connectivity index (χ0v) is 11.1. The van der Waals surface area contributed by atoms with Crippen LogP contribution in [-0.4, -0.2) is 18.6 Å². The van der Waals surface area contributed by atoms with Crippen LogP contribution in [0.5, 0.6) is 0 Å². The SMILES string of the molecule is O=C(Nc1c(Cl)cc(F)cc1Br)C1CCCO1. The highest BCUT2D eigenvalue weighted by Gasteiger charge is 2.24. The second-order valence-corrected chi connectivity index (χ2v) is 5.00. The maximum absolute atomic E-state index is 13.0. The average Bonchev–Trinajstić information content (AvgIpc) is 2.76. The Morgan fingerprint density at radius 1 is 1.59 bits per heavy atom. The molecule has 0 saturated carbocycles. The zero-order chi connectivity index (χ0) is 12.4. The lowest BCUT2D eigenvalue weighted by Crippen LogP contribution is -2.27. The average molecular weight is 323 g/mol. The van der Waals surface area contributed by atoms with E-state index in [0.717, 1.165) is 12.5 Å². The summed E-state index contributed by atoms with van der Waals surface area (Å²) in [6.07, 6.45) is 1.13. The summed E-state index contributed by atoms with van der Waals surface area (Å²) in [5.74, 6) is -0.714. The molecule has 0 radical (unpaired) electrons. The van der Waals surface area contributed by atoms with Gasteiger partial charge in [-0.25, -0.2) is 4.39 Å².